The summed E-state index contributed by atoms with van der Waals surface area (Å²) in [5.74, 6) is 0.424. The normalized spacial score (nSPS) is 10.2. The van der Waals surface area contributed by atoms with Gasteiger partial charge in [-0.15, -0.1) is 0 Å². The molecule has 7 heteroatoms. The van der Waals surface area contributed by atoms with Crippen LogP contribution >= 0.6 is 23.2 Å². The van der Waals surface area contributed by atoms with Crippen molar-refractivity contribution in [3.05, 3.63) is 26.2 Å². The van der Waals surface area contributed by atoms with Gasteiger partial charge in [-0.3, -0.25) is 10.1 Å². The third-order valence-electron chi connectivity index (χ3n) is 1.50. The first-order chi connectivity index (χ1) is 6.56. The van der Waals surface area contributed by atoms with Crippen LogP contribution in [-0.4, -0.2) is 14.9 Å². The third-order valence-corrected chi connectivity index (χ3v) is 2.03. The summed E-state index contributed by atoms with van der Waals surface area (Å²) in [6.45, 7) is 1.94. The van der Waals surface area contributed by atoms with Gasteiger partial charge in [-0.25, -0.2) is 9.97 Å². The molecule has 5 nitrogen and oxygen atoms in total. The Morgan fingerprint density at radius 3 is 2.21 bits per heavy atom. The molecule has 0 aliphatic rings. The van der Waals surface area contributed by atoms with E-state index in [0.717, 1.165) is 6.42 Å². The molecule has 0 unspecified atom stereocenters. The molecule has 76 valence electrons. The molecular formula is C7H7Cl2N3O2. The molecule has 1 aromatic rings. The Morgan fingerprint density at radius 1 is 1.36 bits per heavy atom. The first-order valence-electron chi connectivity index (χ1n) is 3.92. The lowest BCUT2D eigenvalue weighted by atomic mass is 10.3. The number of aryl methyl sites for hydroxylation is 1. The Balaban J connectivity index is 3.18. The van der Waals surface area contributed by atoms with Crippen LogP contribution in [-0.2, 0) is 6.42 Å². The fraction of sp³-hybridized carbons (Fsp3) is 0.429. The number of hydrogen-bond donors (Lipinski definition) is 0. The summed E-state index contributed by atoms with van der Waals surface area (Å²) in [5, 5.41) is 10.0. The zero-order valence-corrected chi connectivity index (χ0v) is 8.84. The number of hydrogen-bond acceptors (Lipinski definition) is 4. The van der Waals surface area contributed by atoms with Crippen LogP contribution < -0.4 is 0 Å². The summed E-state index contributed by atoms with van der Waals surface area (Å²) in [6.07, 6.45) is 1.42. The van der Waals surface area contributed by atoms with E-state index in [-0.39, 0.29) is 10.3 Å². The molecule has 1 heterocycles. The predicted molar refractivity (Wildman–Crippen MR) is 52.7 cm³/mol. The Bertz CT molecular complexity index is 347. The zero-order valence-electron chi connectivity index (χ0n) is 7.33. The van der Waals surface area contributed by atoms with E-state index in [9.17, 15) is 10.1 Å². The lowest BCUT2D eigenvalue weighted by molar-refractivity contribution is -0.385. The molecule has 1 aromatic heterocycles. The molecule has 14 heavy (non-hydrogen) atoms. The Kier molecular flexibility index (Phi) is 3.60. The number of nitro groups is 1. The van der Waals surface area contributed by atoms with E-state index in [2.05, 4.69) is 9.97 Å². The number of halogens is 2. The highest BCUT2D eigenvalue weighted by molar-refractivity contribution is 6.36. The summed E-state index contributed by atoms with van der Waals surface area (Å²) >= 11 is 11.2. The van der Waals surface area contributed by atoms with Crippen molar-refractivity contribution in [1.82, 2.24) is 9.97 Å². The summed E-state index contributed by atoms with van der Waals surface area (Å²) < 4.78 is 0. The molecule has 0 amide bonds. The number of rotatable bonds is 3. The monoisotopic (exact) mass is 235 g/mol. The van der Waals surface area contributed by atoms with Crippen molar-refractivity contribution in [2.75, 3.05) is 0 Å². The SMILES string of the molecule is CCCc1nc(Cl)c([N+](=O)[O-])c(Cl)n1. The van der Waals surface area contributed by atoms with Gasteiger partial charge in [-0.05, 0) is 6.42 Å². The number of aromatic nitrogens is 2. The van der Waals surface area contributed by atoms with Gasteiger partial charge in [0.25, 0.3) is 0 Å². The second-order valence-corrected chi connectivity index (χ2v) is 3.29. The lowest BCUT2D eigenvalue weighted by Crippen LogP contribution is -2.00. The maximum Gasteiger partial charge on any atom is 0.343 e. The molecule has 0 radical (unpaired) electrons. The van der Waals surface area contributed by atoms with E-state index < -0.39 is 10.6 Å². The smallest absolute Gasteiger partial charge is 0.258 e. The standard InChI is InChI=1S/C7H7Cl2N3O2/c1-2-3-4-10-6(8)5(12(13)14)7(9)11-4/h2-3H2,1H3. The van der Waals surface area contributed by atoms with Crippen molar-refractivity contribution in [3.63, 3.8) is 0 Å². The highest BCUT2D eigenvalue weighted by Gasteiger charge is 2.21. The summed E-state index contributed by atoms with van der Waals surface area (Å²) in [4.78, 5) is 17.3. The molecule has 0 aromatic carbocycles. The first-order valence-corrected chi connectivity index (χ1v) is 4.68. The molecule has 0 fully saturated rings. The van der Waals surface area contributed by atoms with Gasteiger partial charge in [0.2, 0.25) is 10.3 Å². The van der Waals surface area contributed by atoms with Crippen LogP contribution in [0.1, 0.15) is 19.2 Å². The minimum absolute atomic E-state index is 0.210. The highest BCUT2D eigenvalue weighted by Crippen LogP contribution is 2.29. The molecule has 0 atom stereocenters. The predicted octanol–water partition coefficient (Wildman–Crippen LogP) is 2.64. The van der Waals surface area contributed by atoms with Crippen LogP contribution in [0.5, 0.6) is 0 Å². The van der Waals surface area contributed by atoms with Crippen molar-refractivity contribution in [2.45, 2.75) is 19.8 Å². The second-order valence-electron chi connectivity index (χ2n) is 2.58. The molecular weight excluding hydrogens is 229 g/mol. The fourth-order valence-electron chi connectivity index (χ4n) is 0.929. The third kappa shape index (κ3) is 2.30. The maximum absolute atomic E-state index is 10.5. The topological polar surface area (TPSA) is 68.9 Å². The Hall–Kier alpha value is -0.940. The summed E-state index contributed by atoms with van der Waals surface area (Å²) in [6, 6.07) is 0. The van der Waals surface area contributed by atoms with Crippen LogP contribution in [0.4, 0.5) is 5.69 Å². The van der Waals surface area contributed by atoms with Crippen molar-refractivity contribution in [1.29, 1.82) is 0 Å². The van der Waals surface area contributed by atoms with E-state index in [1.54, 1.807) is 0 Å². The van der Waals surface area contributed by atoms with Gasteiger partial charge in [0.1, 0.15) is 5.82 Å². The molecule has 0 aliphatic heterocycles. The van der Waals surface area contributed by atoms with Crippen LogP contribution in [0.3, 0.4) is 0 Å². The van der Waals surface area contributed by atoms with Crippen LogP contribution in [0.15, 0.2) is 0 Å². The second kappa shape index (κ2) is 4.52. The van der Waals surface area contributed by atoms with Gasteiger partial charge in [0.15, 0.2) is 0 Å². The van der Waals surface area contributed by atoms with Crippen molar-refractivity contribution >= 4 is 28.9 Å². The average molecular weight is 236 g/mol. The van der Waals surface area contributed by atoms with Gasteiger partial charge >= 0.3 is 5.69 Å². The minimum Gasteiger partial charge on any atom is -0.258 e. The quantitative estimate of drug-likeness (QED) is 0.459. The average Bonchev–Trinajstić information content (AvgIpc) is 2.01. The fourth-order valence-corrected chi connectivity index (χ4v) is 1.49. The first kappa shape index (κ1) is 11.1. The minimum atomic E-state index is -0.694. The summed E-state index contributed by atoms with van der Waals surface area (Å²) in [7, 11) is 0. The lowest BCUT2D eigenvalue weighted by Gasteiger charge is -2.00. The molecule has 0 aliphatic carbocycles. The molecule has 1 rings (SSSR count). The van der Waals surface area contributed by atoms with Crippen LogP contribution in [0, 0.1) is 10.1 Å². The molecule has 0 saturated heterocycles. The Morgan fingerprint density at radius 2 is 1.86 bits per heavy atom. The van der Waals surface area contributed by atoms with Gasteiger partial charge < -0.3 is 0 Å². The molecule has 0 spiro atoms. The number of nitrogens with zero attached hydrogens (tertiary/aromatic N) is 3. The highest BCUT2D eigenvalue weighted by atomic mass is 35.5. The Labute approximate surface area is 90.2 Å². The van der Waals surface area contributed by atoms with E-state index >= 15 is 0 Å². The zero-order chi connectivity index (χ0) is 10.7. The summed E-state index contributed by atoms with van der Waals surface area (Å²) in [5.41, 5.74) is -0.437. The van der Waals surface area contributed by atoms with Gasteiger partial charge in [0, 0.05) is 6.42 Å². The molecule has 0 N–H and O–H groups in total. The van der Waals surface area contributed by atoms with Crippen LogP contribution in [0.25, 0.3) is 0 Å². The maximum atomic E-state index is 10.5. The molecule has 0 bridgehead atoms. The largest absolute Gasteiger partial charge is 0.343 e. The van der Waals surface area contributed by atoms with Crippen LogP contribution in [0.2, 0.25) is 10.3 Å². The van der Waals surface area contributed by atoms with Crippen molar-refractivity contribution < 1.29 is 4.92 Å². The van der Waals surface area contributed by atoms with Gasteiger partial charge in [0.05, 0.1) is 4.92 Å². The molecule has 0 saturated carbocycles. The van der Waals surface area contributed by atoms with Gasteiger partial charge in [-0.2, -0.15) is 0 Å². The van der Waals surface area contributed by atoms with Gasteiger partial charge in [-0.1, -0.05) is 30.1 Å². The van der Waals surface area contributed by atoms with E-state index in [1.165, 1.54) is 0 Å². The van der Waals surface area contributed by atoms with Crippen molar-refractivity contribution in [2.24, 2.45) is 0 Å². The van der Waals surface area contributed by atoms with E-state index in [4.69, 9.17) is 23.2 Å². The van der Waals surface area contributed by atoms with E-state index in [0.29, 0.717) is 12.2 Å². The van der Waals surface area contributed by atoms with E-state index in [1.807, 2.05) is 6.92 Å². The van der Waals surface area contributed by atoms with Crippen molar-refractivity contribution in [3.8, 4) is 0 Å².